The van der Waals surface area contributed by atoms with Gasteiger partial charge in [0.25, 0.3) is 5.56 Å². The summed E-state index contributed by atoms with van der Waals surface area (Å²) in [5, 5.41) is 36.5. The largest absolute Gasteiger partial charge is 0.395 e. The molecule has 1 aliphatic carbocycles. The average molecular weight is 624 g/mol. The number of benzene rings is 2. The fourth-order valence-electron chi connectivity index (χ4n) is 5.32. The lowest BCUT2D eigenvalue weighted by molar-refractivity contribution is -0.206. The molecular weight excluding hydrogens is 595 g/mol. The SMILES string of the molecule is Cn1ccc2c([C@H](Nc3cc(C#N)c4ncc(C#N)c(NCC(C)(C)C(F)(F)F)c4c3)c3cn(C4C=CC4)nn3)cccc2c1=O. The Morgan fingerprint density at radius 1 is 1.09 bits per heavy atom. The monoisotopic (exact) mass is 623 g/mol. The van der Waals surface area contributed by atoms with Crippen LogP contribution in [-0.2, 0) is 7.05 Å². The van der Waals surface area contributed by atoms with Crippen molar-refractivity contribution in [2.75, 3.05) is 17.2 Å². The van der Waals surface area contributed by atoms with Gasteiger partial charge in [0.2, 0.25) is 0 Å². The van der Waals surface area contributed by atoms with Crippen LogP contribution in [0.2, 0.25) is 0 Å². The number of aryl methyl sites for hydroxylation is 1. The molecule has 1 aliphatic rings. The first-order valence-corrected chi connectivity index (χ1v) is 14.4. The fraction of sp³-hybridized carbons (Fsp3) is 0.273. The Labute approximate surface area is 261 Å². The van der Waals surface area contributed by atoms with Crippen LogP contribution in [0.15, 0.2) is 71.9 Å². The van der Waals surface area contributed by atoms with Crippen molar-refractivity contribution < 1.29 is 13.2 Å². The number of nitriles is 2. The average Bonchev–Trinajstić information content (AvgIpc) is 3.47. The maximum absolute atomic E-state index is 13.7. The minimum Gasteiger partial charge on any atom is -0.382 e. The van der Waals surface area contributed by atoms with E-state index in [0.717, 1.165) is 25.8 Å². The summed E-state index contributed by atoms with van der Waals surface area (Å²) in [7, 11) is 1.67. The molecule has 1 unspecified atom stereocenters. The highest BCUT2D eigenvalue weighted by atomic mass is 19.4. The van der Waals surface area contributed by atoms with E-state index in [9.17, 15) is 28.5 Å². The zero-order valence-corrected chi connectivity index (χ0v) is 25.1. The van der Waals surface area contributed by atoms with Crippen molar-refractivity contribution in [3.05, 3.63) is 99.9 Å². The number of nitrogens with one attached hydrogen (secondary N) is 2. The highest BCUT2D eigenvalue weighted by Gasteiger charge is 2.47. The number of nitrogens with zero attached hydrogens (tertiary/aromatic N) is 7. The molecule has 3 heterocycles. The van der Waals surface area contributed by atoms with Crippen molar-refractivity contribution in [3.8, 4) is 12.1 Å². The molecule has 10 nitrogen and oxygen atoms in total. The molecule has 6 rings (SSSR count). The summed E-state index contributed by atoms with van der Waals surface area (Å²) in [6.07, 6.45) is 5.10. The van der Waals surface area contributed by atoms with Crippen LogP contribution in [0.1, 0.15) is 54.7 Å². The molecule has 0 saturated carbocycles. The summed E-state index contributed by atoms with van der Waals surface area (Å²) in [4.78, 5) is 17.3. The molecular formula is C33H28F3N9O. The van der Waals surface area contributed by atoms with E-state index in [1.165, 1.54) is 10.8 Å². The van der Waals surface area contributed by atoms with E-state index in [2.05, 4.69) is 32.0 Å². The number of rotatable bonds is 8. The van der Waals surface area contributed by atoms with Crippen LogP contribution in [0.4, 0.5) is 24.5 Å². The minimum atomic E-state index is -4.50. The van der Waals surface area contributed by atoms with E-state index in [1.807, 2.05) is 36.6 Å². The van der Waals surface area contributed by atoms with E-state index < -0.39 is 24.2 Å². The van der Waals surface area contributed by atoms with Gasteiger partial charge in [-0.25, -0.2) is 4.68 Å². The summed E-state index contributed by atoms with van der Waals surface area (Å²) in [6.45, 7) is 1.62. The van der Waals surface area contributed by atoms with E-state index in [4.69, 9.17) is 0 Å². The van der Waals surface area contributed by atoms with Gasteiger partial charge in [0.15, 0.2) is 0 Å². The number of anilines is 2. The molecule has 46 heavy (non-hydrogen) atoms. The predicted octanol–water partition coefficient (Wildman–Crippen LogP) is 6.12. The topological polar surface area (TPSA) is 137 Å². The van der Waals surface area contributed by atoms with Crippen LogP contribution in [0, 0.1) is 28.1 Å². The number of aromatic nitrogens is 5. The summed E-state index contributed by atoms with van der Waals surface area (Å²) in [5.74, 6) is 0. The number of halogens is 3. The van der Waals surface area contributed by atoms with Crippen molar-refractivity contribution in [2.24, 2.45) is 12.5 Å². The number of fused-ring (bicyclic) bond motifs is 2. The first-order chi connectivity index (χ1) is 21.9. The lowest BCUT2D eigenvalue weighted by Crippen LogP contribution is -2.38. The lowest BCUT2D eigenvalue weighted by Gasteiger charge is -2.28. The van der Waals surface area contributed by atoms with E-state index in [0.29, 0.717) is 27.5 Å². The van der Waals surface area contributed by atoms with Gasteiger partial charge in [-0.1, -0.05) is 29.5 Å². The molecule has 3 aromatic heterocycles. The van der Waals surface area contributed by atoms with Crippen molar-refractivity contribution in [1.29, 1.82) is 10.5 Å². The van der Waals surface area contributed by atoms with E-state index >= 15 is 0 Å². The van der Waals surface area contributed by atoms with Gasteiger partial charge in [-0.05, 0) is 55.5 Å². The third-order valence-corrected chi connectivity index (χ3v) is 8.36. The second-order valence-corrected chi connectivity index (χ2v) is 11.9. The van der Waals surface area contributed by atoms with Gasteiger partial charge in [-0.15, -0.1) is 5.10 Å². The molecule has 2 atom stereocenters. The Hall–Kier alpha value is -5.69. The standard InChI is InChI=1S/C33H28F3N9O/c1-32(2,33(34,35)36)18-40-29-20(15-38)16-39-28-19(14-37)12-21(13-26(28)29)41-30(27-17-45(43-42-27)22-6-4-7-22)24-8-5-9-25-23(24)10-11-44(3)31(25)46/h4-6,8-13,16-17,22,30,41H,7,18H2,1-3H3,(H,39,40)/t22?,30-/m0/s1. The van der Waals surface area contributed by atoms with E-state index in [-0.39, 0.29) is 33.9 Å². The van der Waals surface area contributed by atoms with Gasteiger partial charge < -0.3 is 15.2 Å². The van der Waals surface area contributed by atoms with Gasteiger partial charge >= 0.3 is 6.18 Å². The molecule has 13 heteroatoms. The highest BCUT2D eigenvalue weighted by Crippen LogP contribution is 2.39. The van der Waals surface area contributed by atoms with Gasteiger partial charge in [0.05, 0.1) is 46.0 Å². The molecule has 0 saturated heterocycles. The molecule has 0 bridgehead atoms. The first kappa shape index (κ1) is 30.3. The minimum absolute atomic E-state index is 0.0319. The van der Waals surface area contributed by atoms with Crippen LogP contribution in [0.3, 0.4) is 0 Å². The maximum atomic E-state index is 13.7. The number of hydrogen-bond acceptors (Lipinski definition) is 8. The van der Waals surface area contributed by atoms with Crippen LogP contribution < -0.4 is 16.2 Å². The van der Waals surface area contributed by atoms with Crippen LogP contribution in [-0.4, -0.2) is 37.3 Å². The Morgan fingerprint density at radius 3 is 2.52 bits per heavy atom. The van der Waals surface area contributed by atoms with Crippen molar-refractivity contribution in [3.63, 3.8) is 0 Å². The molecule has 232 valence electrons. The molecule has 0 radical (unpaired) electrons. The molecule has 2 N–H and O–H groups in total. The van der Waals surface area contributed by atoms with Gasteiger partial charge in [0, 0.05) is 42.4 Å². The summed E-state index contributed by atoms with van der Waals surface area (Å²) >= 11 is 0. The number of hydrogen-bond donors (Lipinski definition) is 2. The predicted molar refractivity (Wildman–Crippen MR) is 167 cm³/mol. The fourth-order valence-corrected chi connectivity index (χ4v) is 5.32. The Morgan fingerprint density at radius 2 is 1.85 bits per heavy atom. The summed E-state index contributed by atoms with van der Waals surface area (Å²) in [5.41, 5.74) is -0.0535. The third kappa shape index (κ3) is 5.30. The molecule has 5 aromatic rings. The van der Waals surface area contributed by atoms with Gasteiger partial charge in [0.1, 0.15) is 17.8 Å². The van der Waals surface area contributed by atoms with Crippen LogP contribution >= 0.6 is 0 Å². The zero-order valence-electron chi connectivity index (χ0n) is 25.1. The molecule has 0 aliphatic heterocycles. The Kier molecular flexibility index (Phi) is 7.48. The smallest absolute Gasteiger partial charge is 0.382 e. The van der Waals surface area contributed by atoms with Crippen LogP contribution in [0.25, 0.3) is 21.7 Å². The molecule has 2 aromatic carbocycles. The van der Waals surface area contributed by atoms with Crippen molar-refractivity contribution in [2.45, 2.75) is 38.5 Å². The van der Waals surface area contributed by atoms with Crippen molar-refractivity contribution >= 4 is 33.1 Å². The zero-order chi connectivity index (χ0) is 32.8. The quantitative estimate of drug-likeness (QED) is 0.197. The number of alkyl halides is 3. The van der Waals surface area contributed by atoms with Crippen LogP contribution in [0.5, 0.6) is 0 Å². The molecule has 0 amide bonds. The first-order valence-electron chi connectivity index (χ1n) is 14.4. The van der Waals surface area contributed by atoms with E-state index in [1.54, 1.807) is 42.2 Å². The van der Waals surface area contributed by atoms with Gasteiger partial charge in [-0.3, -0.25) is 9.78 Å². The Bertz CT molecular complexity index is 2170. The lowest BCUT2D eigenvalue weighted by atomic mass is 9.92. The summed E-state index contributed by atoms with van der Waals surface area (Å²) in [6, 6.07) is 14.0. The highest BCUT2D eigenvalue weighted by molar-refractivity contribution is 5.99. The maximum Gasteiger partial charge on any atom is 0.395 e. The van der Waals surface area contributed by atoms with Gasteiger partial charge in [-0.2, -0.15) is 23.7 Å². The molecule has 0 fully saturated rings. The normalized spacial score (nSPS) is 15.3. The second-order valence-electron chi connectivity index (χ2n) is 11.9. The third-order valence-electron chi connectivity index (χ3n) is 8.36. The number of allylic oxidation sites excluding steroid dienone is 2. The second kappa shape index (κ2) is 11.3. The molecule has 0 spiro atoms. The van der Waals surface area contributed by atoms with Crippen molar-refractivity contribution in [1.82, 2.24) is 24.5 Å². The Balaban J connectivity index is 1.51. The summed E-state index contributed by atoms with van der Waals surface area (Å²) < 4.78 is 44.4. The number of pyridine rings is 2.